The number of ether oxygens (including phenoxy) is 6. The van der Waals surface area contributed by atoms with E-state index < -0.39 is 18.0 Å². The van der Waals surface area contributed by atoms with Gasteiger partial charge in [-0.25, -0.2) is 14.6 Å². The second kappa shape index (κ2) is 16.7. The van der Waals surface area contributed by atoms with Crippen molar-refractivity contribution in [1.82, 2.24) is 4.57 Å². The molecule has 0 aliphatic carbocycles. The molecule has 2 heterocycles. The summed E-state index contributed by atoms with van der Waals surface area (Å²) in [4.78, 5) is 44.7. The highest BCUT2D eigenvalue weighted by molar-refractivity contribution is 14.1. The summed E-state index contributed by atoms with van der Waals surface area (Å²) in [5, 5.41) is 0. The summed E-state index contributed by atoms with van der Waals surface area (Å²) in [5.41, 5.74) is 2.41. The van der Waals surface area contributed by atoms with E-state index in [0.717, 1.165) is 13.6 Å². The van der Waals surface area contributed by atoms with Crippen LogP contribution in [0.3, 0.4) is 0 Å². The van der Waals surface area contributed by atoms with Crippen molar-refractivity contribution in [3.8, 4) is 23.0 Å². The second-order valence-electron chi connectivity index (χ2n) is 10.7. The van der Waals surface area contributed by atoms with E-state index >= 15 is 0 Å². The molecular weight excluding hydrogens is 843 g/mol. The van der Waals surface area contributed by atoms with Gasteiger partial charge >= 0.3 is 11.9 Å². The standard InChI is InChI=1S/C36H34BrIN2O9S/c1-6-46-27-15-22(10-13-26(27)48-19-30(41)45-5)32-31(35(43)47-7-2)20(3)39-36-40(32)34(42)29(50-36)16-23-14-25(38)17-28(44-4)33(23)49-18-21-8-11-24(37)12-9-21/h8-17,32H,6-7,18-19H2,1-5H3/b29-16+/t32-/m0/s1. The Morgan fingerprint density at radius 2 is 1.74 bits per heavy atom. The second-order valence-corrected chi connectivity index (χ2v) is 13.9. The first-order valence-electron chi connectivity index (χ1n) is 15.5. The molecule has 0 fully saturated rings. The maximum Gasteiger partial charge on any atom is 0.343 e. The molecule has 11 nitrogen and oxygen atoms in total. The Hall–Kier alpha value is -4.15. The molecule has 1 aromatic heterocycles. The summed E-state index contributed by atoms with van der Waals surface area (Å²) < 4.78 is 37.4. The molecule has 0 spiro atoms. The first kappa shape index (κ1) is 37.1. The normalized spacial score (nSPS) is 14.1. The van der Waals surface area contributed by atoms with Gasteiger partial charge in [-0.1, -0.05) is 45.5 Å². The molecule has 1 aliphatic rings. The Balaban J connectivity index is 1.65. The fourth-order valence-corrected chi connectivity index (χ4v) is 7.18. The first-order valence-corrected chi connectivity index (χ1v) is 18.2. The van der Waals surface area contributed by atoms with Crippen LogP contribution in [0.4, 0.5) is 0 Å². The molecule has 0 amide bonds. The minimum absolute atomic E-state index is 0.134. The lowest BCUT2D eigenvalue weighted by atomic mass is 9.95. The van der Waals surface area contributed by atoms with E-state index in [-0.39, 0.29) is 31.0 Å². The number of allylic oxidation sites excluding steroid dienone is 1. The summed E-state index contributed by atoms with van der Waals surface area (Å²) >= 11 is 6.84. The molecular formula is C36H34BrIN2O9S. The van der Waals surface area contributed by atoms with Gasteiger partial charge in [0, 0.05) is 13.6 Å². The van der Waals surface area contributed by atoms with E-state index in [9.17, 15) is 14.4 Å². The first-order chi connectivity index (χ1) is 24.1. The van der Waals surface area contributed by atoms with E-state index in [4.69, 9.17) is 33.4 Å². The predicted octanol–water partition coefficient (Wildman–Crippen LogP) is 5.70. The smallest absolute Gasteiger partial charge is 0.343 e. The number of aromatic nitrogens is 1. The van der Waals surface area contributed by atoms with Crippen molar-refractivity contribution in [2.24, 2.45) is 4.99 Å². The van der Waals surface area contributed by atoms with Crippen LogP contribution in [0.15, 0.2) is 80.1 Å². The van der Waals surface area contributed by atoms with E-state index in [2.05, 4.69) is 38.5 Å². The van der Waals surface area contributed by atoms with Gasteiger partial charge < -0.3 is 28.4 Å². The molecule has 0 saturated heterocycles. The molecule has 14 heteroatoms. The number of hydrogen-bond acceptors (Lipinski definition) is 11. The van der Waals surface area contributed by atoms with Crippen LogP contribution in [0.2, 0.25) is 0 Å². The largest absolute Gasteiger partial charge is 0.493 e. The van der Waals surface area contributed by atoms with Crippen LogP contribution in [-0.2, 0) is 25.7 Å². The van der Waals surface area contributed by atoms with Crippen molar-refractivity contribution in [1.29, 1.82) is 0 Å². The Morgan fingerprint density at radius 3 is 2.42 bits per heavy atom. The van der Waals surface area contributed by atoms with Crippen LogP contribution in [0, 0.1) is 3.57 Å². The van der Waals surface area contributed by atoms with Crippen LogP contribution in [0.5, 0.6) is 23.0 Å². The number of halogens is 2. The van der Waals surface area contributed by atoms with Crippen LogP contribution in [0.1, 0.15) is 43.5 Å². The minimum Gasteiger partial charge on any atom is -0.493 e. The number of benzene rings is 3. The van der Waals surface area contributed by atoms with Gasteiger partial charge in [-0.2, -0.15) is 0 Å². The van der Waals surface area contributed by atoms with E-state index in [0.29, 0.717) is 55.8 Å². The van der Waals surface area contributed by atoms with Crippen molar-refractivity contribution in [2.75, 3.05) is 34.0 Å². The van der Waals surface area contributed by atoms with Gasteiger partial charge in [0.15, 0.2) is 34.4 Å². The minimum atomic E-state index is -0.903. The molecule has 1 aliphatic heterocycles. The van der Waals surface area contributed by atoms with Crippen molar-refractivity contribution < 1.29 is 38.0 Å². The number of thiazole rings is 1. The molecule has 0 bridgehead atoms. The molecule has 4 aromatic rings. The van der Waals surface area contributed by atoms with Crippen LogP contribution in [0.25, 0.3) is 6.08 Å². The lowest BCUT2D eigenvalue weighted by molar-refractivity contribution is -0.143. The predicted molar refractivity (Wildman–Crippen MR) is 200 cm³/mol. The van der Waals surface area contributed by atoms with Gasteiger partial charge in [-0.15, -0.1) is 0 Å². The fourth-order valence-electron chi connectivity index (χ4n) is 5.26. The maximum absolute atomic E-state index is 14.4. The molecule has 3 aromatic carbocycles. The van der Waals surface area contributed by atoms with Crippen molar-refractivity contribution in [2.45, 2.75) is 33.4 Å². The zero-order chi connectivity index (χ0) is 35.9. The molecule has 50 heavy (non-hydrogen) atoms. The highest BCUT2D eigenvalue weighted by Gasteiger charge is 2.34. The lowest BCUT2D eigenvalue weighted by Crippen LogP contribution is -2.40. The molecule has 5 rings (SSSR count). The van der Waals surface area contributed by atoms with Gasteiger partial charge in [-0.3, -0.25) is 9.36 Å². The topological polar surface area (TPSA) is 124 Å². The lowest BCUT2D eigenvalue weighted by Gasteiger charge is -2.25. The monoisotopic (exact) mass is 876 g/mol. The molecule has 1 atom stereocenters. The van der Waals surface area contributed by atoms with Gasteiger partial charge in [0.25, 0.3) is 5.56 Å². The molecule has 0 radical (unpaired) electrons. The van der Waals surface area contributed by atoms with E-state index in [1.165, 1.54) is 23.0 Å². The third-order valence-electron chi connectivity index (χ3n) is 7.52. The van der Waals surface area contributed by atoms with Crippen molar-refractivity contribution in [3.05, 3.63) is 110 Å². The van der Waals surface area contributed by atoms with Gasteiger partial charge in [0.2, 0.25) is 0 Å². The Kier molecular flexibility index (Phi) is 12.4. The molecule has 0 unspecified atom stereocenters. The maximum atomic E-state index is 14.4. The number of nitrogens with zero attached hydrogens (tertiary/aromatic N) is 2. The van der Waals surface area contributed by atoms with Gasteiger partial charge in [0.05, 0.1) is 49.3 Å². The number of fused-ring (bicyclic) bond motifs is 1. The molecule has 262 valence electrons. The Bertz CT molecular complexity index is 2130. The third-order valence-corrected chi connectivity index (χ3v) is 9.66. The van der Waals surface area contributed by atoms with E-state index in [1.54, 1.807) is 45.2 Å². The molecule has 0 N–H and O–H groups in total. The molecule has 0 saturated carbocycles. The number of methoxy groups -OCH3 is 2. The highest BCUT2D eigenvalue weighted by atomic mass is 127. The number of carbonyl (C=O) groups excluding carboxylic acids is 2. The van der Waals surface area contributed by atoms with Crippen molar-refractivity contribution in [3.63, 3.8) is 0 Å². The van der Waals surface area contributed by atoms with Gasteiger partial charge in [0.1, 0.15) is 6.61 Å². The van der Waals surface area contributed by atoms with Crippen molar-refractivity contribution >= 4 is 67.9 Å². The summed E-state index contributed by atoms with van der Waals surface area (Å²) in [7, 11) is 2.84. The summed E-state index contributed by atoms with van der Waals surface area (Å²) in [5.74, 6) is 0.472. The summed E-state index contributed by atoms with van der Waals surface area (Å²) in [6.07, 6.45) is 1.75. The zero-order valence-electron chi connectivity index (χ0n) is 27.9. The average Bonchev–Trinajstić information content (AvgIpc) is 3.40. The quantitative estimate of drug-likeness (QED) is 0.123. The van der Waals surface area contributed by atoms with Crippen LogP contribution < -0.4 is 33.8 Å². The summed E-state index contributed by atoms with van der Waals surface area (Å²) in [6, 6.07) is 15.7. The Morgan fingerprint density at radius 1 is 0.980 bits per heavy atom. The number of rotatable bonds is 13. The Labute approximate surface area is 314 Å². The van der Waals surface area contributed by atoms with Crippen LogP contribution in [-0.4, -0.2) is 50.5 Å². The fraction of sp³-hybridized carbons (Fsp3) is 0.278. The van der Waals surface area contributed by atoms with Crippen LogP contribution >= 0.6 is 49.9 Å². The zero-order valence-corrected chi connectivity index (χ0v) is 32.5. The average molecular weight is 878 g/mol. The highest BCUT2D eigenvalue weighted by Crippen LogP contribution is 2.37. The number of hydrogen-bond donors (Lipinski definition) is 0. The third kappa shape index (κ3) is 8.24. The van der Waals surface area contributed by atoms with E-state index in [1.807, 2.05) is 43.3 Å². The van der Waals surface area contributed by atoms with Gasteiger partial charge in [-0.05, 0) is 97.0 Å². The number of esters is 2. The summed E-state index contributed by atoms with van der Waals surface area (Å²) in [6.45, 7) is 5.62. The SMILES string of the molecule is CCOC(=O)C1=C(C)N=c2s/c(=C/c3cc(I)cc(OC)c3OCc3ccc(Br)cc3)c(=O)n2[C@H]1c1ccc(OCC(=O)OC)c(OCC)c1. The number of carbonyl (C=O) groups is 2.